The predicted octanol–water partition coefficient (Wildman–Crippen LogP) is -0.726. The van der Waals surface area contributed by atoms with Crippen molar-refractivity contribution in [2.45, 2.75) is 89.9 Å². The van der Waals surface area contributed by atoms with E-state index < -0.39 is 60.2 Å². The summed E-state index contributed by atoms with van der Waals surface area (Å²) in [4.78, 5) is 24.1. The number of hydrogen-bond acceptors (Lipinski definition) is 8. The summed E-state index contributed by atoms with van der Waals surface area (Å²) in [6.07, 6.45) is -3.80. The molecule has 1 N–H and O–H groups in total. The van der Waals surface area contributed by atoms with Crippen molar-refractivity contribution in [1.82, 2.24) is 5.32 Å². The summed E-state index contributed by atoms with van der Waals surface area (Å²) in [5.74, 6) is -4.15. The molecule has 148 valence electrons. The maximum Gasteiger partial charge on any atom is 0.252 e. The lowest BCUT2D eigenvalue weighted by Gasteiger charge is -2.37. The van der Waals surface area contributed by atoms with E-state index in [1.807, 2.05) is 0 Å². The number of carbonyl (C=O) groups is 2. The van der Waals surface area contributed by atoms with E-state index in [-0.39, 0.29) is 5.92 Å². The van der Waals surface area contributed by atoms with E-state index in [4.69, 9.17) is 23.7 Å². The van der Waals surface area contributed by atoms with Crippen LogP contribution in [-0.4, -0.2) is 60.2 Å². The van der Waals surface area contributed by atoms with Crippen LogP contribution in [0.2, 0.25) is 0 Å². The molecule has 0 aromatic heterocycles. The van der Waals surface area contributed by atoms with Crippen molar-refractivity contribution in [2.75, 3.05) is 0 Å². The number of carbonyl (C=O) groups excluding carboxylic acids is 2. The normalized spacial score (nSPS) is 38.5. The van der Waals surface area contributed by atoms with E-state index >= 15 is 0 Å². The minimum absolute atomic E-state index is 0.349. The second-order valence-corrected chi connectivity index (χ2v) is 8.14. The highest BCUT2D eigenvalue weighted by Crippen LogP contribution is 2.44. The first kappa shape index (κ1) is 19.5. The number of nitrogens with one attached hydrogen (secondary N) is 1. The summed E-state index contributed by atoms with van der Waals surface area (Å²) in [5, 5.41) is 13.8. The van der Waals surface area contributed by atoms with Gasteiger partial charge in [-0.05, 0) is 33.6 Å². The zero-order valence-electron chi connectivity index (χ0n) is 15.8. The fourth-order valence-electron chi connectivity index (χ4n) is 3.56. The van der Waals surface area contributed by atoms with E-state index in [0.717, 1.165) is 0 Å². The second kappa shape index (κ2) is 6.42. The van der Waals surface area contributed by atoms with Crippen LogP contribution in [0.15, 0.2) is 0 Å². The molecule has 26 heavy (non-hydrogen) atoms. The zero-order valence-corrected chi connectivity index (χ0v) is 15.8. The molecule has 3 aliphatic heterocycles. The number of fused-ring (bicyclic) bond motifs is 3. The van der Waals surface area contributed by atoms with Gasteiger partial charge in [0, 0.05) is 0 Å². The van der Waals surface area contributed by atoms with Crippen LogP contribution in [0.25, 0.3) is 0 Å². The van der Waals surface area contributed by atoms with Gasteiger partial charge < -0.3 is 38.9 Å². The summed E-state index contributed by atoms with van der Waals surface area (Å²) in [6.45, 7) is 10.3. The minimum Gasteiger partial charge on any atom is -0.548 e. The summed E-state index contributed by atoms with van der Waals surface area (Å²) in [7, 11) is 0. The molecule has 0 aromatic rings. The number of amides is 1. The van der Waals surface area contributed by atoms with Gasteiger partial charge in [0.05, 0.1) is 12.0 Å². The molecule has 9 nitrogen and oxygen atoms in total. The summed E-state index contributed by atoms with van der Waals surface area (Å²) in [5.41, 5.74) is 0. The number of ether oxygens (including phenoxy) is 5. The number of carboxylic acid groups (broad SMARTS) is 1. The van der Waals surface area contributed by atoms with Crippen LogP contribution in [-0.2, 0) is 33.3 Å². The summed E-state index contributed by atoms with van der Waals surface area (Å²) < 4.78 is 29.2. The second-order valence-electron chi connectivity index (χ2n) is 8.14. The van der Waals surface area contributed by atoms with Crippen LogP contribution in [0.1, 0.15) is 41.5 Å². The molecule has 0 aliphatic carbocycles. The van der Waals surface area contributed by atoms with Crippen molar-refractivity contribution in [3.63, 3.8) is 0 Å². The molecule has 1 amide bonds. The Morgan fingerprint density at radius 2 is 1.46 bits per heavy atom. The molecule has 9 heteroatoms. The van der Waals surface area contributed by atoms with E-state index in [2.05, 4.69) is 5.32 Å². The van der Waals surface area contributed by atoms with Gasteiger partial charge in [0.2, 0.25) is 0 Å². The van der Waals surface area contributed by atoms with Crippen LogP contribution < -0.4 is 10.4 Å². The maximum absolute atomic E-state index is 12.8. The third-order valence-corrected chi connectivity index (χ3v) is 4.63. The van der Waals surface area contributed by atoms with Gasteiger partial charge in [0.1, 0.15) is 18.3 Å². The number of carboxylic acids is 1. The molecular formula is C17H26NO8-. The van der Waals surface area contributed by atoms with Crippen LogP contribution >= 0.6 is 0 Å². The quantitative estimate of drug-likeness (QED) is 0.687. The highest BCUT2D eigenvalue weighted by Gasteiger charge is 2.62. The van der Waals surface area contributed by atoms with Gasteiger partial charge in [-0.3, -0.25) is 4.79 Å². The Morgan fingerprint density at radius 1 is 0.923 bits per heavy atom. The molecule has 0 aromatic carbocycles. The van der Waals surface area contributed by atoms with Crippen molar-refractivity contribution < 1.29 is 38.4 Å². The van der Waals surface area contributed by atoms with E-state index in [1.54, 1.807) is 41.5 Å². The summed E-state index contributed by atoms with van der Waals surface area (Å²) in [6, 6.07) is -1.14. The Labute approximate surface area is 152 Å². The van der Waals surface area contributed by atoms with Crippen LogP contribution in [0.5, 0.6) is 0 Å². The Morgan fingerprint density at radius 3 is 2.04 bits per heavy atom. The van der Waals surface area contributed by atoms with Gasteiger partial charge in [-0.15, -0.1) is 0 Å². The molecule has 3 fully saturated rings. The van der Waals surface area contributed by atoms with Gasteiger partial charge in [0.15, 0.2) is 24.0 Å². The third kappa shape index (κ3) is 3.59. The average Bonchev–Trinajstić information content (AvgIpc) is 2.96. The third-order valence-electron chi connectivity index (χ3n) is 4.63. The number of rotatable bonds is 4. The lowest BCUT2D eigenvalue weighted by molar-refractivity contribution is -0.309. The lowest BCUT2D eigenvalue weighted by atomic mass is 9.97. The predicted molar refractivity (Wildman–Crippen MR) is 84.3 cm³/mol. The van der Waals surface area contributed by atoms with Gasteiger partial charge in [-0.2, -0.15) is 0 Å². The molecule has 6 atom stereocenters. The minimum atomic E-state index is -1.36. The molecule has 0 unspecified atom stereocenters. The highest BCUT2D eigenvalue weighted by molar-refractivity contribution is 5.86. The number of aliphatic carboxylic acids is 1. The first-order chi connectivity index (χ1) is 11.9. The Balaban J connectivity index is 1.82. The molecule has 3 heterocycles. The van der Waals surface area contributed by atoms with E-state index in [9.17, 15) is 14.7 Å². The van der Waals surface area contributed by atoms with Gasteiger partial charge in [-0.1, -0.05) is 13.8 Å². The monoisotopic (exact) mass is 372 g/mol. The SMILES string of the molecule is CC(C)[C@H](NC(=O)[C@H]1O[C@H]2OC(C)(C)O[C@@H]2[C@H]2OC(C)(C)O[C@@H]21)C(=O)[O-]. The molecule has 3 aliphatic rings. The standard InChI is InChI=1S/C17H27NO8/c1-7(2)8(14(20)21)18-13(19)11-9-10(24-16(3,4)23-9)12-15(22-11)26-17(5,6)25-12/h7-12,15H,1-6H3,(H,18,19)(H,20,21)/p-1/t8-,9-,10-,11-,12+,15-/m0/s1. The lowest BCUT2D eigenvalue weighted by Crippen LogP contribution is -2.62. The maximum atomic E-state index is 12.8. The Hall–Kier alpha value is -1.26. The average molecular weight is 372 g/mol. The van der Waals surface area contributed by atoms with E-state index in [1.165, 1.54) is 0 Å². The fourth-order valence-corrected chi connectivity index (χ4v) is 3.56. The van der Waals surface area contributed by atoms with Crippen molar-refractivity contribution >= 4 is 11.9 Å². The molecule has 0 bridgehead atoms. The molecule has 3 rings (SSSR count). The zero-order chi connectivity index (χ0) is 19.4. The van der Waals surface area contributed by atoms with Crippen LogP contribution in [0.4, 0.5) is 0 Å². The molecule has 0 saturated carbocycles. The van der Waals surface area contributed by atoms with Crippen molar-refractivity contribution in [1.29, 1.82) is 0 Å². The number of hydrogen-bond donors (Lipinski definition) is 1. The summed E-state index contributed by atoms with van der Waals surface area (Å²) >= 11 is 0. The van der Waals surface area contributed by atoms with Crippen molar-refractivity contribution in [2.24, 2.45) is 5.92 Å². The largest absolute Gasteiger partial charge is 0.548 e. The molecular weight excluding hydrogens is 346 g/mol. The van der Waals surface area contributed by atoms with Crippen molar-refractivity contribution in [3.05, 3.63) is 0 Å². The van der Waals surface area contributed by atoms with Gasteiger partial charge >= 0.3 is 0 Å². The van der Waals surface area contributed by atoms with Gasteiger partial charge in [0.25, 0.3) is 5.91 Å². The van der Waals surface area contributed by atoms with E-state index in [0.29, 0.717) is 0 Å². The first-order valence-electron chi connectivity index (χ1n) is 8.78. The Bertz CT molecular complexity index is 589. The van der Waals surface area contributed by atoms with Crippen LogP contribution in [0.3, 0.4) is 0 Å². The molecule has 3 saturated heterocycles. The topological polar surface area (TPSA) is 115 Å². The molecule has 0 spiro atoms. The molecule has 0 radical (unpaired) electrons. The Kier molecular flexibility index (Phi) is 4.81. The fraction of sp³-hybridized carbons (Fsp3) is 0.882. The highest BCUT2D eigenvalue weighted by atomic mass is 16.9. The van der Waals surface area contributed by atoms with Gasteiger partial charge in [-0.25, -0.2) is 0 Å². The van der Waals surface area contributed by atoms with Crippen LogP contribution in [0, 0.1) is 5.92 Å². The van der Waals surface area contributed by atoms with Crippen molar-refractivity contribution in [3.8, 4) is 0 Å². The smallest absolute Gasteiger partial charge is 0.252 e. The first-order valence-corrected chi connectivity index (χ1v) is 8.78.